The van der Waals surface area contributed by atoms with Crippen LogP contribution in [-0.2, 0) is 25.7 Å². The molecule has 0 aliphatic carbocycles. The van der Waals surface area contributed by atoms with Gasteiger partial charge in [-0.15, -0.1) is 0 Å². The zero-order valence-electron chi connectivity index (χ0n) is 17.6. The van der Waals surface area contributed by atoms with Crippen molar-refractivity contribution in [1.82, 2.24) is 4.90 Å². The van der Waals surface area contributed by atoms with E-state index in [1.54, 1.807) is 32.6 Å². The Balaban J connectivity index is 2.12. The van der Waals surface area contributed by atoms with E-state index >= 15 is 0 Å². The molecule has 2 unspecified atom stereocenters. The van der Waals surface area contributed by atoms with Crippen LogP contribution in [0.15, 0.2) is 30.3 Å². The SMILES string of the molecule is CCC(CC1CCCN1C(=O)OCc1ccccc1)(C(=O)O)C(=O)OC(C)(C)C. The van der Waals surface area contributed by atoms with Crippen LogP contribution in [0.25, 0.3) is 0 Å². The van der Waals surface area contributed by atoms with Gasteiger partial charge in [-0.1, -0.05) is 37.3 Å². The Morgan fingerprint density at radius 1 is 1.17 bits per heavy atom. The largest absolute Gasteiger partial charge is 0.480 e. The minimum absolute atomic E-state index is 0.00812. The Morgan fingerprint density at radius 3 is 2.38 bits per heavy atom. The average molecular weight is 405 g/mol. The number of nitrogens with zero attached hydrogens (tertiary/aromatic N) is 1. The molecule has 1 heterocycles. The summed E-state index contributed by atoms with van der Waals surface area (Å²) >= 11 is 0. The third kappa shape index (κ3) is 5.71. The van der Waals surface area contributed by atoms with Crippen molar-refractivity contribution < 1.29 is 29.0 Å². The first-order valence-electron chi connectivity index (χ1n) is 10.0. The van der Waals surface area contributed by atoms with Crippen LogP contribution in [0.2, 0.25) is 0 Å². The number of hydrogen-bond donors (Lipinski definition) is 1. The van der Waals surface area contributed by atoms with E-state index in [1.807, 2.05) is 30.3 Å². The van der Waals surface area contributed by atoms with Crippen molar-refractivity contribution in [3.63, 3.8) is 0 Å². The summed E-state index contributed by atoms with van der Waals surface area (Å²) in [5.41, 5.74) is -1.62. The van der Waals surface area contributed by atoms with Crippen LogP contribution >= 0.6 is 0 Å². The molecule has 0 spiro atoms. The van der Waals surface area contributed by atoms with Crippen LogP contribution in [0.1, 0.15) is 58.9 Å². The number of carbonyl (C=O) groups excluding carboxylic acids is 2. The summed E-state index contributed by atoms with van der Waals surface area (Å²) in [4.78, 5) is 39.1. The second kappa shape index (κ2) is 9.29. The van der Waals surface area contributed by atoms with E-state index < -0.39 is 29.0 Å². The lowest BCUT2D eigenvalue weighted by molar-refractivity contribution is -0.178. The normalized spacial score (nSPS) is 18.8. The molecule has 1 saturated heterocycles. The molecule has 0 bridgehead atoms. The second-order valence-corrected chi connectivity index (χ2v) is 8.48. The number of carboxylic acid groups (broad SMARTS) is 1. The topological polar surface area (TPSA) is 93.1 Å². The second-order valence-electron chi connectivity index (χ2n) is 8.48. The van der Waals surface area contributed by atoms with Gasteiger partial charge in [-0.25, -0.2) is 4.79 Å². The van der Waals surface area contributed by atoms with Gasteiger partial charge in [-0.2, -0.15) is 0 Å². The Hall–Kier alpha value is -2.57. The fraction of sp³-hybridized carbons (Fsp3) is 0.591. The predicted molar refractivity (Wildman–Crippen MR) is 107 cm³/mol. The standard InChI is InChI=1S/C22H31NO6/c1-5-22(18(24)25,19(26)29-21(2,3)4)14-17-12-9-13-23(17)20(27)28-15-16-10-7-6-8-11-16/h6-8,10-11,17H,5,9,12-15H2,1-4H3,(H,24,25). The molecule has 1 aliphatic rings. The third-order valence-electron chi connectivity index (χ3n) is 5.20. The van der Waals surface area contributed by atoms with Gasteiger partial charge in [0.15, 0.2) is 5.41 Å². The van der Waals surface area contributed by atoms with Crippen molar-refractivity contribution in [3.8, 4) is 0 Å². The third-order valence-corrected chi connectivity index (χ3v) is 5.20. The highest BCUT2D eigenvalue weighted by Gasteiger charge is 2.50. The minimum Gasteiger partial charge on any atom is -0.480 e. The maximum atomic E-state index is 12.8. The number of benzene rings is 1. The fourth-order valence-electron chi connectivity index (χ4n) is 3.57. The molecule has 160 valence electrons. The van der Waals surface area contributed by atoms with Gasteiger partial charge in [-0.05, 0) is 52.0 Å². The molecule has 29 heavy (non-hydrogen) atoms. The minimum atomic E-state index is -1.69. The highest BCUT2D eigenvalue weighted by atomic mass is 16.6. The zero-order valence-corrected chi connectivity index (χ0v) is 17.6. The number of esters is 1. The number of hydrogen-bond acceptors (Lipinski definition) is 5. The Labute approximate surface area is 172 Å². The highest BCUT2D eigenvalue weighted by molar-refractivity contribution is 5.99. The maximum Gasteiger partial charge on any atom is 0.410 e. The molecule has 1 fully saturated rings. The number of likely N-dealkylation sites (tertiary alicyclic amines) is 1. The quantitative estimate of drug-likeness (QED) is 0.544. The van der Waals surface area contributed by atoms with Crippen molar-refractivity contribution in [1.29, 1.82) is 0 Å². The van der Waals surface area contributed by atoms with Gasteiger partial charge in [-0.3, -0.25) is 9.59 Å². The van der Waals surface area contributed by atoms with Crippen LogP contribution in [0, 0.1) is 5.41 Å². The smallest absolute Gasteiger partial charge is 0.410 e. The summed E-state index contributed by atoms with van der Waals surface area (Å²) in [5.74, 6) is -1.98. The monoisotopic (exact) mass is 405 g/mol. The molecule has 2 atom stereocenters. The van der Waals surface area contributed by atoms with Gasteiger partial charge in [0, 0.05) is 12.6 Å². The molecule has 7 heteroatoms. The van der Waals surface area contributed by atoms with Crippen LogP contribution < -0.4 is 0 Å². The number of amides is 1. The van der Waals surface area contributed by atoms with Gasteiger partial charge in [0.25, 0.3) is 0 Å². The summed E-state index contributed by atoms with van der Waals surface area (Å²) in [6.07, 6.45) is 0.960. The van der Waals surface area contributed by atoms with Gasteiger partial charge >= 0.3 is 18.0 Å². The summed E-state index contributed by atoms with van der Waals surface area (Å²) in [6.45, 7) is 7.39. The van der Waals surface area contributed by atoms with Gasteiger partial charge in [0.2, 0.25) is 0 Å². The van der Waals surface area contributed by atoms with Crippen LogP contribution in [0.3, 0.4) is 0 Å². The van der Waals surface area contributed by atoms with Crippen LogP contribution in [-0.4, -0.2) is 46.2 Å². The van der Waals surface area contributed by atoms with Crippen molar-refractivity contribution in [2.24, 2.45) is 5.41 Å². The number of carbonyl (C=O) groups is 3. The lowest BCUT2D eigenvalue weighted by Crippen LogP contribution is -2.48. The van der Waals surface area contributed by atoms with E-state index in [1.165, 1.54) is 0 Å². The molecule has 2 rings (SSSR count). The Kier molecular flexibility index (Phi) is 7.27. The average Bonchev–Trinajstić information content (AvgIpc) is 3.11. The lowest BCUT2D eigenvalue weighted by Gasteiger charge is -2.34. The molecule has 0 saturated carbocycles. The number of aliphatic carboxylic acids is 1. The van der Waals surface area contributed by atoms with Crippen LogP contribution in [0.5, 0.6) is 0 Å². The van der Waals surface area contributed by atoms with E-state index in [2.05, 4.69) is 0 Å². The van der Waals surface area contributed by atoms with Crippen molar-refractivity contribution >= 4 is 18.0 Å². The van der Waals surface area contributed by atoms with Crippen LogP contribution in [0.4, 0.5) is 4.79 Å². The van der Waals surface area contributed by atoms with Crippen molar-refractivity contribution in [2.75, 3.05) is 6.54 Å². The number of carboxylic acids is 1. The summed E-state index contributed by atoms with van der Waals surface area (Å²) < 4.78 is 10.8. The number of rotatable bonds is 7. The predicted octanol–water partition coefficient (Wildman–Crippen LogP) is 4.00. The molecule has 0 aromatic heterocycles. The molecule has 7 nitrogen and oxygen atoms in total. The first-order valence-corrected chi connectivity index (χ1v) is 10.0. The van der Waals surface area contributed by atoms with Gasteiger partial charge in [0.1, 0.15) is 12.2 Å². The zero-order chi connectivity index (χ0) is 21.7. The van der Waals surface area contributed by atoms with E-state index in [0.717, 1.165) is 12.0 Å². The van der Waals surface area contributed by atoms with Crippen molar-refractivity contribution in [3.05, 3.63) is 35.9 Å². The molecular weight excluding hydrogens is 374 g/mol. The molecule has 1 aromatic carbocycles. The molecule has 1 aromatic rings. The Bertz CT molecular complexity index is 727. The summed E-state index contributed by atoms with van der Waals surface area (Å²) in [5, 5.41) is 9.89. The van der Waals surface area contributed by atoms with E-state index in [4.69, 9.17) is 9.47 Å². The van der Waals surface area contributed by atoms with E-state index in [-0.39, 0.29) is 25.5 Å². The van der Waals surface area contributed by atoms with Crippen molar-refractivity contribution in [2.45, 2.75) is 71.6 Å². The van der Waals surface area contributed by atoms with Gasteiger partial charge in [0.05, 0.1) is 0 Å². The molecule has 1 aliphatic heterocycles. The molecular formula is C22H31NO6. The summed E-state index contributed by atoms with van der Waals surface area (Å²) in [7, 11) is 0. The Morgan fingerprint density at radius 2 is 1.83 bits per heavy atom. The van der Waals surface area contributed by atoms with Gasteiger partial charge < -0.3 is 19.5 Å². The molecule has 0 radical (unpaired) electrons. The molecule has 1 N–H and O–H groups in total. The van der Waals surface area contributed by atoms with E-state index in [0.29, 0.717) is 13.0 Å². The highest BCUT2D eigenvalue weighted by Crippen LogP contribution is 2.37. The lowest BCUT2D eigenvalue weighted by atomic mass is 9.78. The first kappa shape index (κ1) is 22.7. The molecule has 1 amide bonds. The summed E-state index contributed by atoms with van der Waals surface area (Å²) in [6, 6.07) is 8.96. The van der Waals surface area contributed by atoms with E-state index in [9.17, 15) is 19.5 Å². The number of ether oxygens (including phenoxy) is 2. The maximum absolute atomic E-state index is 12.8. The fourth-order valence-corrected chi connectivity index (χ4v) is 3.57. The first-order chi connectivity index (χ1) is 13.6.